The average molecular weight is 539 g/mol. The lowest BCUT2D eigenvalue weighted by molar-refractivity contribution is 0.0232. The van der Waals surface area contributed by atoms with E-state index in [1.165, 1.54) is 23.1 Å². The fraction of sp³-hybridized carbons (Fsp3) is 0.333. The Hall–Kier alpha value is -2.93. The predicted octanol–water partition coefficient (Wildman–Crippen LogP) is 3.24. The van der Waals surface area contributed by atoms with Crippen LogP contribution in [0.1, 0.15) is 34.1 Å². The third kappa shape index (κ3) is 8.63. The zero-order valence-corrected chi connectivity index (χ0v) is 21.5. The van der Waals surface area contributed by atoms with Crippen LogP contribution in [0.15, 0.2) is 47.8 Å². The first-order valence-corrected chi connectivity index (χ1v) is 13.9. The summed E-state index contributed by atoms with van der Waals surface area (Å²) in [5.41, 5.74) is 8.78. The highest BCUT2D eigenvalue weighted by Gasteiger charge is 2.25. The van der Waals surface area contributed by atoms with Gasteiger partial charge in [-0.05, 0) is 41.7 Å². The summed E-state index contributed by atoms with van der Waals surface area (Å²) in [5.74, 6) is -2.26. The Kier molecular flexibility index (Phi) is 9.49. The molecule has 0 spiro atoms. The van der Waals surface area contributed by atoms with E-state index in [0.717, 1.165) is 35.6 Å². The SMILES string of the molecule is CCc1cccc(CNC[C@@H](OC(=O)c2csc(NS(C)(=O)=O)n2)[C@@H](N)Cc2cc(F)cc(F)c2)c1. The minimum absolute atomic E-state index is 0.0227. The number of sulfonamides is 1. The maximum Gasteiger partial charge on any atom is 0.358 e. The number of carbonyl (C=O) groups is 1. The fourth-order valence-corrected chi connectivity index (χ4v) is 5.03. The lowest BCUT2D eigenvalue weighted by atomic mass is 10.0. The summed E-state index contributed by atoms with van der Waals surface area (Å²) in [7, 11) is -3.56. The summed E-state index contributed by atoms with van der Waals surface area (Å²) in [6.45, 7) is 2.72. The second-order valence-corrected chi connectivity index (χ2v) is 10.9. The van der Waals surface area contributed by atoms with Crippen molar-refractivity contribution < 1.29 is 26.7 Å². The molecule has 8 nitrogen and oxygen atoms in total. The molecule has 0 bridgehead atoms. The highest BCUT2D eigenvalue weighted by atomic mass is 32.2. The van der Waals surface area contributed by atoms with E-state index in [1.54, 1.807) is 0 Å². The van der Waals surface area contributed by atoms with Gasteiger partial charge in [0.05, 0.1) is 6.26 Å². The molecule has 0 saturated carbocycles. The van der Waals surface area contributed by atoms with Crippen molar-refractivity contribution in [2.24, 2.45) is 5.73 Å². The van der Waals surface area contributed by atoms with E-state index < -0.39 is 39.8 Å². The lowest BCUT2D eigenvalue weighted by Gasteiger charge is -2.24. The molecule has 4 N–H and O–H groups in total. The first-order valence-electron chi connectivity index (χ1n) is 11.2. The normalized spacial score (nSPS) is 13.2. The van der Waals surface area contributed by atoms with Crippen LogP contribution in [0.4, 0.5) is 13.9 Å². The molecular weight excluding hydrogens is 510 g/mol. The number of nitrogens with one attached hydrogen (secondary N) is 2. The molecule has 0 radical (unpaired) electrons. The van der Waals surface area contributed by atoms with E-state index in [0.29, 0.717) is 12.1 Å². The minimum atomic E-state index is -3.56. The smallest absolute Gasteiger partial charge is 0.358 e. The molecule has 12 heteroatoms. The first kappa shape index (κ1) is 27.7. The molecule has 0 aliphatic heterocycles. The quantitative estimate of drug-likeness (QED) is 0.303. The molecule has 36 heavy (non-hydrogen) atoms. The van der Waals surface area contributed by atoms with Crippen LogP contribution in [0.2, 0.25) is 0 Å². The molecule has 3 aromatic rings. The number of carbonyl (C=O) groups excluding carboxylic acids is 1. The number of nitrogens with two attached hydrogens (primary N) is 1. The van der Waals surface area contributed by atoms with Gasteiger partial charge in [0.1, 0.15) is 17.7 Å². The van der Waals surface area contributed by atoms with Gasteiger partial charge in [0, 0.05) is 30.6 Å². The number of hydrogen-bond donors (Lipinski definition) is 3. The lowest BCUT2D eigenvalue weighted by Crippen LogP contribution is -2.46. The largest absolute Gasteiger partial charge is 0.455 e. The zero-order valence-electron chi connectivity index (χ0n) is 19.8. The van der Waals surface area contributed by atoms with Gasteiger partial charge in [0.2, 0.25) is 10.0 Å². The van der Waals surface area contributed by atoms with Gasteiger partial charge in [-0.25, -0.2) is 27.0 Å². The summed E-state index contributed by atoms with van der Waals surface area (Å²) >= 11 is 0.932. The molecule has 0 aliphatic rings. The number of ether oxygens (including phenoxy) is 1. The Morgan fingerprint density at radius 1 is 1.14 bits per heavy atom. The van der Waals surface area contributed by atoms with Crippen LogP contribution >= 0.6 is 11.3 Å². The molecule has 2 aromatic carbocycles. The molecule has 3 rings (SSSR count). The molecular formula is C24H28F2N4O4S2. The van der Waals surface area contributed by atoms with Gasteiger partial charge in [-0.3, -0.25) is 4.72 Å². The highest BCUT2D eigenvalue weighted by molar-refractivity contribution is 7.92. The van der Waals surface area contributed by atoms with Crippen LogP contribution in [-0.4, -0.2) is 44.3 Å². The Labute approximate surface area is 212 Å². The van der Waals surface area contributed by atoms with Gasteiger partial charge in [-0.1, -0.05) is 31.2 Å². The molecule has 0 unspecified atom stereocenters. The molecule has 1 heterocycles. The number of hydrogen-bond acceptors (Lipinski definition) is 8. The van der Waals surface area contributed by atoms with Crippen LogP contribution in [0.5, 0.6) is 0 Å². The van der Waals surface area contributed by atoms with Crippen LogP contribution in [0.25, 0.3) is 0 Å². The van der Waals surface area contributed by atoms with Gasteiger partial charge in [-0.2, -0.15) is 0 Å². The standard InChI is InChI=1S/C24H28F2N4O4S2/c1-3-15-5-4-6-16(7-15)12-28-13-22(20(27)10-17-8-18(25)11-19(26)9-17)34-23(31)21-14-35-24(29-21)30-36(2,32)33/h4-9,11,14,20,22,28H,3,10,12-13,27H2,1-2H3,(H,29,30)/t20-,22+/m0/s1. The third-order valence-corrected chi connectivity index (χ3v) is 6.64. The number of aryl methyl sites for hydroxylation is 1. The number of nitrogens with zero attached hydrogens (tertiary/aromatic N) is 1. The van der Waals surface area contributed by atoms with Crippen molar-refractivity contribution in [2.45, 2.75) is 38.5 Å². The molecule has 0 aliphatic carbocycles. The molecule has 0 saturated heterocycles. The zero-order chi connectivity index (χ0) is 26.3. The van der Waals surface area contributed by atoms with Crippen LogP contribution in [0.3, 0.4) is 0 Å². The average Bonchev–Trinajstić information content (AvgIpc) is 3.24. The number of thiazole rings is 1. The van der Waals surface area contributed by atoms with Crippen LogP contribution in [0, 0.1) is 11.6 Å². The summed E-state index contributed by atoms with van der Waals surface area (Å²) < 4.78 is 57.9. The molecule has 1 aromatic heterocycles. The van der Waals surface area contributed by atoms with Crippen molar-refractivity contribution >= 4 is 32.5 Å². The number of esters is 1. The summed E-state index contributed by atoms with van der Waals surface area (Å²) in [4.78, 5) is 16.7. The van der Waals surface area contributed by atoms with Gasteiger partial charge >= 0.3 is 5.97 Å². The van der Waals surface area contributed by atoms with Crippen molar-refractivity contribution in [1.29, 1.82) is 0 Å². The van der Waals surface area contributed by atoms with E-state index in [-0.39, 0.29) is 23.8 Å². The van der Waals surface area contributed by atoms with Crippen LogP contribution < -0.4 is 15.8 Å². The van der Waals surface area contributed by atoms with E-state index in [9.17, 15) is 22.0 Å². The Morgan fingerprint density at radius 2 is 1.83 bits per heavy atom. The van der Waals surface area contributed by atoms with Crippen molar-refractivity contribution in [3.8, 4) is 0 Å². The van der Waals surface area contributed by atoms with Crippen molar-refractivity contribution in [2.75, 3.05) is 17.5 Å². The van der Waals surface area contributed by atoms with Crippen molar-refractivity contribution in [3.63, 3.8) is 0 Å². The van der Waals surface area contributed by atoms with Gasteiger partial charge in [0.15, 0.2) is 10.8 Å². The van der Waals surface area contributed by atoms with Gasteiger partial charge < -0.3 is 15.8 Å². The molecule has 2 atom stereocenters. The van der Waals surface area contributed by atoms with E-state index >= 15 is 0 Å². The monoisotopic (exact) mass is 538 g/mol. The maximum atomic E-state index is 13.6. The van der Waals surface area contributed by atoms with E-state index in [2.05, 4.69) is 28.0 Å². The highest BCUT2D eigenvalue weighted by Crippen LogP contribution is 2.19. The Balaban J connectivity index is 1.72. The van der Waals surface area contributed by atoms with E-state index in [1.807, 2.05) is 18.2 Å². The second kappa shape index (κ2) is 12.3. The first-order chi connectivity index (χ1) is 17.0. The fourth-order valence-electron chi connectivity index (χ4n) is 3.50. The summed E-state index contributed by atoms with van der Waals surface area (Å²) in [6.07, 6.45) is 1.05. The Bertz CT molecular complexity index is 1280. The number of anilines is 1. The van der Waals surface area contributed by atoms with Crippen molar-refractivity contribution in [3.05, 3.63) is 81.9 Å². The van der Waals surface area contributed by atoms with E-state index in [4.69, 9.17) is 10.5 Å². The van der Waals surface area contributed by atoms with Crippen LogP contribution in [-0.2, 0) is 34.1 Å². The maximum absolute atomic E-state index is 13.6. The number of aromatic nitrogens is 1. The second-order valence-electron chi connectivity index (χ2n) is 8.31. The molecule has 0 amide bonds. The van der Waals surface area contributed by atoms with Gasteiger partial charge in [0.25, 0.3) is 0 Å². The molecule has 0 fully saturated rings. The topological polar surface area (TPSA) is 123 Å². The number of halogens is 2. The number of benzene rings is 2. The van der Waals surface area contributed by atoms with Gasteiger partial charge in [-0.15, -0.1) is 11.3 Å². The summed E-state index contributed by atoms with van der Waals surface area (Å²) in [5, 5.41) is 4.61. The number of rotatable bonds is 12. The molecule has 194 valence electrons. The third-order valence-electron chi connectivity index (χ3n) is 5.19. The Morgan fingerprint density at radius 3 is 2.50 bits per heavy atom. The van der Waals surface area contributed by atoms with Crippen molar-refractivity contribution in [1.82, 2.24) is 10.3 Å². The predicted molar refractivity (Wildman–Crippen MR) is 135 cm³/mol. The minimum Gasteiger partial charge on any atom is -0.455 e. The summed E-state index contributed by atoms with van der Waals surface area (Å²) in [6, 6.07) is 10.3.